The van der Waals surface area contributed by atoms with Crippen LogP contribution in [-0.4, -0.2) is 64.6 Å². The molecule has 5 atom stereocenters. The normalized spacial score (nSPS) is 27.3. The van der Waals surface area contributed by atoms with Gasteiger partial charge in [0.2, 0.25) is 0 Å². The molecule has 0 spiro atoms. The zero-order valence-electron chi connectivity index (χ0n) is 18.3. The summed E-state index contributed by atoms with van der Waals surface area (Å²) < 4.78 is 14.1. The van der Waals surface area contributed by atoms with Crippen LogP contribution in [0.4, 0.5) is 17.3 Å². The summed E-state index contributed by atoms with van der Waals surface area (Å²) in [5, 5.41) is 13.5. The summed E-state index contributed by atoms with van der Waals surface area (Å²) in [7, 11) is 3.39. The number of ether oxygens (including phenoxy) is 2. The van der Waals surface area contributed by atoms with Crippen LogP contribution in [0.3, 0.4) is 0 Å². The molecule has 11 nitrogen and oxygen atoms in total. The second kappa shape index (κ2) is 7.56. The Balaban J connectivity index is 1.31. The summed E-state index contributed by atoms with van der Waals surface area (Å²) >= 11 is 0. The SMILES string of the molecule is CNc1cc(Nc2cccn(C3[C@H]4COC[C@@H]34)c2=O)nc2c(C(=O)N[C@@H]3C[C@H]3OC)cnn12. The molecule has 0 aromatic carbocycles. The van der Waals surface area contributed by atoms with Gasteiger partial charge in [0.15, 0.2) is 5.65 Å². The lowest BCUT2D eigenvalue weighted by Crippen LogP contribution is -2.28. The van der Waals surface area contributed by atoms with E-state index in [0.29, 0.717) is 53.6 Å². The number of pyridine rings is 1. The van der Waals surface area contributed by atoms with Crippen LogP contribution in [0.5, 0.6) is 0 Å². The third kappa shape index (κ3) is 3.35. The van der Waals surface area contributed by atoms with E-state index in [4.69, 9.17) is 9.47 Å². The van der Waals surface area contributed by atoms with Gasteiger partial charge in [0.25, 0.3) is 11.5 Å². The second-order valence-corrected chi connectivity index (χ2v) is 8.78. The molecule has 0 radical (unpaired) electrons. The molecule has 3 N–H and O–H groups in total. The van der Waals surface area contributed by atoms with Gasteiger partial charge in [0.05, 0.1) is 31.6 Å². The van der Waals surface area contributed by atoms with E-state index in [1.54, 1.807) is 35.4 Å². The highest BCUT2D eigenvalue weighted by atomic mass is 16.5. The maximum absolute atomic E-state index is 13.1. The van der Waals surface area contributed by atoms with Crippen molar-refractivity contribution in [3.05, 3.63) is 46.5 Å². The zero-order valence-corrected chi connectivity index (χ0v) is 18.3. The third-order valence-corrected chi connectivity index (χ3v) is 6.79. The van der Waals surface area contributed by atoms with Crippen LogP contribution in [0.15, 0.2) is 35.4 Å². The number of hydrogen-bond acceptors (Lipinski definition) is 8. The van der Waals surface area contributed by atoms with E-state index >= 15 is 0 Å². The fraction of sp³-hybridized carbons (Fsp3) is 0.455. The summed E-state index contributed by atoms with van der Waals surface area (Å²) in [5.41, 5.74) is 1.07. The van der Waals surface area contributed by atoms with Crippen molar-refractivity contribution < 1.29 is 14.3 Å². The molecule has 3 aromatic rings. The van der Waals surface area contributed by atoms with Crippen molar-refractivity contribution >= 4 is 28.9 Å². The van der Waals surface area contributed by atoms with Crippen LogP contribution in [0, 0.1) is 11.8 Å². The summed E-state index contributed by atoms with van der Waals surface area (Å²) in [5.74, 6) is 1.65. The van der Waals surface area contributed by atoms with Crippen LogP contribution in [-0.2, 0) is 9.47 Å². The van der Waals surface area contributed by atoms with Crippen molar-refractivity contribution in [1.82, 2.24) is 24.5 Å². The van der Waals surface area contributed by atoms with Crippen molar-refractivity contribution in [2.45, 2.75) is 24.6 Å². The molecule has 0 bridgehead atoms. The molecule has 1 aliphatic heterocycles. The van der Waals surface area contributed by atoms with Gasteiger partial charge in [0, 0.05) is 44.3 Å². The number of methoxy groups -OCH3 is 1. The van der Waals surface area contributed by atoms with Gasteiger partial charge < -0.3 is 30.0 Å². The van der Waals surface area contributed by atoms with Crippen LogP contribution >= 0.6 is 0 Å². The molecule has 3 aromatic heterocycles. The number of anilines is 3. The number of amides is 1. The summed E-state index contributed by atoms with van der Waals surface area (Å²) in [6.45, 7) is 1.42. The van der Waals surface area contributed by atoms with Gasteiger partial charge in [-0.1, -0.05) is 0 Å². The smallest absolute Gasteiger partial charge is 0.274 e. The fourth-order valence-corrected chi connectivity index (χ4v) is 4.80. The van der Waals surface area contributed by atoms with Crippen molar-refractivity contribution in [2.75, 3.05) is 38.0 Å². The highest BCUT2D eigenvalue weighted by Crippen LogP contribution is 2.53. The van der Waals surface area contributed by atoms with E-state index < -0.39 is 0 Å². The average Bonchev–Trinajstić information content (AvgIpc) is 3.58. The summed E-state index contributed by atoms with van der Waals surface area (Å²) in [6.07, 6.45) is 4.16. The van der Waals surface area contributed by atoms with E-state index in [1.807, 2.05) is 12.3 Å². The molecule has 6 rings (SSSR count). The Morgan fingerprint density at radius 2 is 2.12 bits per heavy atom. The first-order valence-electron chi connectivity index (χ1n) is 11.0. The summed E-state index contributed by atoms with van der Waals surface area (Å²) in [4.78, 5) is 30.6. The molecule has 3 fully saturated rings. The molecule has 3 aliphatic rings. The lowest BCUT2D eigenvalue weighted by molar-refractivity contribution is 0.0936. The van der Waals surface area contributed by atoms with Gasteiger partial charge >= 0.3 is 0 Å². The Hall–Kier alpha value is -3.44. The largest absolute Gasteiger partial charge is 0.381 e. The van der Waals surface area contributed by atoms with E-state index in [-0.39, 0.29) is 29.7 Å². The fourth-order valence-electron chi connectivity index (χ4n) is 4.80. The minimum absolute atomic E-state index is 0.00219. The second-order valence-electron chi connectivity index (χ2n) is 8.78. The first kappa shape index (κ1) is 20.2. The van der Waals surface area contributed by atoms with Crippen molar-refractivity contribution in [2.24, 2.45) is 11.8 Å². The van der Waals surface area contributed by atoms with E-state index in [1.165, 1.54) is 6.20 Å². The predicted octanol–water partition coefficient (Wildman–Crippen LogP) is 1.01. The predicted molar refractivity (Wildman–Crippen MR) is 120 cm³/mol. The topological polar surface area (TPSA) is 124 Å². The minimum atomic E-state index is -0.259. The first-order chi connectivity index (χ1) is 16.1. The molecule has 172 valence electrons. The van der Waals surface area contributed by atoms with Gasteiger partial charge in [-0.2, -0.15) is 9.61 Å². The molecular formula is C22H25N7O4. The van der Waals surface area contributed by atoms with Gasteiger partial charge in [-0.25, -0.2) is 4.98 Å². The number of carbonyl (C=O) groups excluding carboxylic acids is 1. The van der Waals surface area contributed by atoms with Gasteiger partial charge in [0.1, 0.15) is 22.9 Å². The Morgan fingerprint density at radius 1 is 1.30 bits per heavy atom. The Labute approximate surface area is 189 Å². The summed E-state index contributed by atoms with van der Waals surface area (Å²) in [6, 6.07) is 5.54. The molecule has 1 amide bonds. The standard InChI is InChI=1S/C22H25N7O4/c1-23-18-7-17(25-14-4-3-5-28(22(14)31)19-12-9-33-10-13(12)19)27-20-11(8-24-29(18)20)21(30)26-15-6-16(15)32-2/h3-5,7-8,12-13,15-16,19,23H,6,9-10H2,1-2H3,(H,25,27)(H,26,30)/t12-,13+,15-,16-,19?/m1/s1. The van der Waals surface area contributed by atoms with Crippen LogP contribution in [0.25, 0.3) is 5.65 Å². The van der Waals surface area contributed by atoms with Gasteiger partial charge in [-0.05, 0) is 18.6 Å². The highest BCUT2D eigenvalue weighted by molar-refractivity contribution is 6.00. The Bertz CT molecular complexity index is 1290. The molecular weight excluding hydrogens is 426 g/mol. The average molecular weight is 451 g/mol. The molecule has 33 heavy (non-hydrogen) atoms. The Morgan fingerprint density at radius 3 is 2.85 bits per heavy atom. The van der Waals surface area contributed by atoms with Crippen molar-refractivity contribution in [1.29, 1.82) is 0 Å². The Kier molecular flexibility index (Phi) is 4.63. The van der Waals surface area contributed by atoms with Crippen LogP contribution < -0.4 is 21.5 Å². The van der Waals surface area contributed by atoms with Crippen LogP contribution in [0.2, 0.25) is 0 Å². The van der Waals surface area contributed by atoms with E-state index in [2.05, 4.69) is 26.0 Å². The number of hydrogen-bond donors (Lipinski definition) is 3. The van der Waals surface area contributed by atoms with Crippen molar-refractivity contribution in [3.63, 3.8) is 0 Å². The first-order valence-corrected chi connectivity index (χ1v) is 11.0. The van der Waals surface area contributed by atoms with Crippen LogP contribution in [0.1, 0.15) is 22.8 Å². The number of aromatic nitrogens is 4. The quantitative estimate of drug-likeness (QED) is 0.486. The lowest BCUT2D eigenvalue weighted by Gasteiger charge is -2.13. The maximum Gasteiger partial charge on any atom is 0.274 e. The van der Waals surface area contributed by atoms with E-state index in [9.17, 15) is 9.59 Å². The zero-order chi connectivity index (χ0) is 22.7. The number of carbonyl (C=O) groups is 1. The monoisotopic (exact) mass is 451 g/mol. The van der Waals surface area contributed by atoms with Crippen molar-refractivity contribution in [3.8, 4) is 0 Å². The molecule has 1 saturated heterocycles. The van der Waals surface area contributed by atoms with Gasteiger partial charge in [-0.3, -0.25) is 9.59 Å². The highest BCUT2D eigenvalue weighted by Gasteiger charge is 2.55. The van der Waals surface area contributed by atoms with Gasteiger partial charge in [-0.15, -0.1) is 0 Å². The number of nitrogens with one attached hydrogen (secondary N) is 3. The molecule has 4 heterocycles. The number of fused-ring (bicyclic) bond motifs is 2. The lowest BCUT2D eigenvalue weighted by atomic mass is 10.3. The third-order valence-electron chi connectivity index (χ3n) is 6.79. The molecule has 1 unspecified atom stereocenters. The molecule has 11 heteroatoms. The number of nitrogens with zero attached hydrogens (tertiary/aromatic N) is 4. The molecule has 2 aliphatic carbocycles. The maximum atomic E-state index is 13.1. The molecule has 2 saturated carbocycles. The number of rotatable bonds is 7. The minimum Gasteiger partial charge on any atom is -0.381 e. The van der Waals surface area contributed by atoms with E-state index in [0.717, 1.165) is 6.42 Å².